The van der Waals surface area contributed by atoms with Crippen molar-refractivity contribution in [1.29, 1.82) is 0 Å². The second-order valence-corrected chi connectivity index (χ2v) is 6.07. The van der Waals surface area contributed by atoms with Gasteiger partial charge in [0.25, 0.3) is 0 Å². The molecule has 2 heterocycles. The average Bonchev–Trinajstić information content (AvgIpc) is 3.00. The number of rotatable bonds is 2. The van der Waals surface area contributed by atoms with E-state index in [1.165, 1.54) is 4.90 Å². The summed E-state index contributed by atoms with van der Waals surface area (Å²) >= 11 is 6.00. The highest BCUT2D eigenvalue weighted by Gasteiger charge is 2.57. The first-order valence-electron chi connectivity index (χ1n) is 7.10. The van der Waals surface area contributed by atoms with Crippen molar-refractivity contribution >= 4 is 29.2 Å². The second kappa shape index (κ2) is 4.73. The van der Waals surface area contributed by atoms with E-state index in [4.69, 9.17) is 21.4 Å². The number of anilines is 1. The fraction of sp³-hybridized carbons (Fsp3) is 0.176. The summed E-state index contributed by atoms with van der Waals surface area (Å²) in [4.78, 5) is 25.6. The number of fused-ring (bicyclic) bond motifs is 4. The minimum atomic E-state index is -1.06. The van der Waals surface area contributed by atoms with Crippen LogP contribution in [0, 0.1) is 0 Å². The van der Waals surface area contributed by atoms with Crippen LogP contribution < -0.4 is 9.64 Å². The molecule has 1 unspecified atom stereocenters. The molecule has 5 nitrogen and oxygen atoms in total. The van der Waals surface area contributed by atoms with E-state index in [-0.39, 0.29) is 19.1 Å². The van der Waals surface area contributed by atoms with E-state index in [9.17, 15) is 9.59 Å². The zero-order valence-corrected chi connectivity index (χ0v) is 12.7. The molecule has 2 aromatic rings. The first-order chi connectivity index (χ1) is 11.0. The van der Waals surface area contributed by atoms with E-state index in [0.29, 0.717) is 16.5 Å². The quantitative estimate of drug-likeness (QED) is 0.919. The molecule has 1 amide bonds. The van der Waals surface area contributed by atoms with Crippen LogP contribution in [0.4, 0.5) is 5.69 Å². The maximum atomic E-state index is 13.1. The summed E-state index contributed by atoms with van der Waals surface area (Å²) in [5.74, 6) is -0.763. The van der Waals surface area contributed by atoms with Crippen LogP contribution in [0.3, 0.4) is 0 Å². The van der Waals surface area contributed by atoms with Crippen molar-refractivity contribution in [3.05, 3.63) is 58.6 Å². The van der Waals surface area contributed by atoms with Crippen molar-refractivity contribution in [2.45, 2.75) is 5.41 Å². The summed E-state index contributed by atoms with van der Waals surface area (Å²) in [6.07, 6.45) is 0. The van der Waals surface area contributed by atoms with Crippen molar-refractivity contribution < 1.29 is 19.4 Å². The number of hydrogen-bond acceptors (Lipinski definition) is 3. The van der Waals surface area contributed by atoms with Crippen LogP contribution in [0.2, 0.25) is 5.02 Å². The fourth-order valence-electron chi connectivity index (χ4n) is 3.45. The van der Waals surface area contributed by atoms with Crippen molar-refractivity contribution in [3.63, 3.8) is 0 Å². The zero-order valence-electron chi connectivity index (χ0n) is 12.0. The van der Waals surface area contributed by atoms with Crippen LogP contribution in [0.15, 0.2) is 42.5 Å². The molecule has 0 saturated carbocycles. The highest BCUT2D eigenvalue weighted by atomic mass is 35.5. The van der Waals surface area contributed by atoms with Crippen LogP contribution >= 0.6 is 11.6 Å². The van der Waals surface area contributed by atoms with Gasteiger partial charge in [0.05, 0.1) is 0 Å². The van der Waals surface area contributed by atoms with Crippen molar-refractivity contribution in [2.75, 3.05) is 18.1 Å². The number of carbonyl (C=O) groups is 2. The maximum absolute atomic E-state index is 13.1. The summed E-state index contributed by atoms with van der Waals surface area (Å²) in [7, 11) is 0. The largest absolute Gasteiger partial charge is 0.491 e. The number of benzene rings is 2. The molecule has 0 saturated heterocycles. The van der Waals surface area contributed by atoms with Gasteiger partial charge < -0.3 is 9.84 Å². The van der Waals surface area contributed by atoms with E-state index in [0.717, 1.165) is 11.1 Å². The van der Waals surface area contributed by atoms with Gasteiger partial charge in [0, 0.05) is 16.3 Å². The van der Waals surface area contributed by atoms with E-state index in [1.807, 2.05) is 12.1 Å². The maximum Gasteiger partial charge on any atom is 0.323 e. The third-order valence-electron chi connectivity index (χ3n) is 4.41. The van der Waals surface area contributed by atoms with Crippen LogP contribution in [-0.2, 0) is 15.0 Å². The lowest BCUT2D eigenvalue weighted by atomic mass is 9.77. The Balaban J connectivity index is 1.95. The van der Waals surface area contributed by atoms with Gasteiger partial charge in [-0.3, -0.25) is 14.5 Å². The number of carboxylic acids is 1. The molecule has 2 aliphatic heterocycles. The van der Waals surface area contributed by atoms with Crippen LogP contribution in [0.25, 0.3) is 0 Å². The number of ether oxygens (including phenoxy) is 1. The molecule has 4 rings (SSSR count). The summed E-state index contributed by atoms with van der Waals surface area (Å²) in [6.45, 7) is -0.227. The molecule has 116 valence electrons. The Morgan fingerprint density at radius 3 is 2.83 bits per heavy atom. The predicted molar refractivity (Wildman–Crippen MR) is 84.2 cm³/mol. The molecule has 0 aliphatic carbocycles. The Morgan fingerprint density at radius 1 is 1.26 bits per heavy atom. The number of hydrogen-bond donors (Lipinski definition) is 1. The monoisotopic (exact) mass is 329 g/mol. The van der Waals surface area contributed by atoms with E-state index < -0.39 is 11.4 Å². The van der Waals surface area contributed by atoms with Crippen LogP contribution in [0.5, 0.6) is 5.75 Å². The number of aliphatic carboxylic acids is 1. The second-order valence-electron chi connectivity index (χ2n) is 5.64. The molecule has 0 fully saturated rings. The summed E-state index contributed by atoms with van der Waals surface area (Å²) in [6, 6.07) is 12.4. The van der Waals surface area contributed by atoms with E-state index in [2.05, 4.69) is 0 Å². The lowest BCUT2D eigenvalue weighted by Crippen LogP contribution is -2.44. The molecule has 0 bridgehead atoms. The molecule has 1 N–H and O–H groups in total. The number of para-hydroxylation sites is 1. The van der Waals surface area contributed by atoms with Gasteiger partial charge in [-0.1, -0.05) is 35.9 Å². The lowest BCUT2D eigenvalue weighted by Gasteiger charge is -2.22. The van der Waals surface area contributed by atoms with Gasteiger partial charge in [-0.2, -0.15) is 0 Å². The third-order valence-corrected chi connectivity index (χ3v) is 4.64. The van der Waals surface area contributed by atoms with Crippen molar-refractivity contribution in [1.82, 2.24) is 0 Å². The number of amides is 1. The van der Waals surface area contributed by atoms with E-state index in [1.54, 1.807) is 30.3 Å². The molecule has 2 aromatic carbocycles. The van der Waals surface area contributed by atoms with Crippen LogP contribution in [0.1, 0.15) is 11.1 Å². The fourth-order valence-corrected chi connectivity index (χ4v) is 3.61. The SMILES string of the molecule is O=C(O)CN1C(=O)C2(COc3cc(Cl)ccc32)c2ccccc21. The summed E-state index contributed by atoms with van der Waals surface area (Å²) in [5.41, 5.74) is 1.12. The first kappa shape index (κ1) is 14.1. The predicted octanol–water partition coefficient (Wildman–Crippen LogP) is 2.45. The molecule has 0 aromatic heterocycles. The van der Waals surface area contributed by atoms with Gasteiger partial charge in [0.15, 0.2) is 0 Å². The Kier molecular flexibility index (Phi) is 2.90. The molecular formula is C17H12ClNO4. The number of carboxylic acid groups (broad SMARTS) is 1. The Hall–Kier alpha value is -2.53. The van der Waals surface area contributed by atoms with Gasteiger partial charge in [0.1, 0.15) is 24.3 Å². The van der Waals surface area contributed by atoms with Gasteiger partial charge in [-0.15, -0.1) is 0 Å². The summed E-state index contributed by atoms with van der Waals surface area (Å²) < 4.78 is 5.72. The number of carbonyl (C=O) groups excluding carboxylic acids is 1. The molecule has 6 heteroatoms. The lowest BCUT2D eigenvalue weighted by molar-refractivity contribution is -0.137. The molecule has 23 heavy (non-hydrogen) atoms. The number of nitrogens with zero attached hydrogens (tertiary/aromatic N) is 1. The van der Waals surface area contributed by atoms with Gasteiger partial charge in [-0.05, 0) is 23.8 Å². The molecular weight excluding hydrogens is 318 g/mol. The standard InChI is InChI=1S/C17H12ClNO4/c18-10-5-6-12-14(7-10)23-9-17(12)11-3-1-2-4-13(11)19(16(17)22)8-15(20)21/h1-7H,8-9H2,(H,20,21). The minimum Gasteiger partial charge on any atom is -0.491 e. The van der Waals surface area contributed by atoms with Crippen molar-refractivity contribution in [2.24, 2.45) is 0 Å². The highest BCUT2D eigenvalue weighted by Crippen LogP contribution is 2.52. The Morgan fingerprint density at radius 2 is 2.04 bits per heavy atom. The molecule has 2 aliphatic rings. The first-order valence-corrected chi connectivity index (χ1v) is 7.48. The average molecular weight is 330 g/mol. The highest BCUT2D eigenvalue weighted by molar-refractivity contribution is 6.30. The molecule has 1 spiro atoms. The van der Waals surface area contributed by atoms with E-state index >= 15 is 0 Å². The van der Waals surface area contributed by atoms with Gasteiger partial charge >= 0.3 is 5.97 Å². The Labute approximate surface area is 137 Å². The van der Waals surface area contributed by atoms with Crippen molar-refractivity contribution in [3.8, 4) is 5.75 Å². The van der Waals surface area contributed by atoms with Gasteiger partial charge in [0.2, 0.25) is 5.91 Å². The number of halogens is 1. The topological polar surface area (TPSA) is 66.8 Å². The third kappa shape index (κ3) is 1.80. The Bertz CT molecular complexity index is 850. The molecule has 1 atom stereocenters. The smallest absolute Gasteiger partial charge is 0.323 e. The molecule has 0 radical (unpaired) electrons. The van der Waals surface area contributed by atoms with Gasteiger partial charge in [-0.25, -0.2) is 0 Å². The summed E-state index contributed by atoms with van der Waals surface area (Å²) in [5, 5.41) is 9.67. The zero-order chi connectivity index (χ0) is 16.2. The normalized spacial score (nSPS) is 21.3. The minimum absolute atomic E-state index is 0.147. The van der Waals surface area contributed by atoms with Crippen LogP contribution in [-0.4, -0.2) is 30.1 Å².